The maximum Gasteiger partial charge on any atom is 0.121 e. The zero-order chi connectivity index (χ0) is 11.4. The van der Waals surface area contributed by atoms with Gasteiger partial charge in [0.1, 0.15) is 11.8 Å². The van der Waals surface area contributed by atoms with Gasteiger partial charge in [-0.05, 0) is 26.0 Å². The van der Waals surface area contributed by atoms with Crippen molar-refractivity contribution < 1.29 is 4.74 Å². The highest BCUT2D eigenvalue weighted by Crippen LogP contribution is 2.25. The SMILES string of the molecule is COc1ccc(C#N)c(N(C)C(C)C)c1. The van der Waals surface area contributed by atoms with Crippen LogP contribution in [0.4, 0.5) is 5.69 Å². The summed E-state index contributed by atoms with van der Waals surface area (Å²) < 4.78 is 5.15. The minimum Gasteiger partial charge on any atom is -0.497 e. The molecule has 0 aliphatic carbocycles. The van der Waals surface area contributed by atoms with E-state index >= 15 is 0 Å². The molecule has 0 bridgehead atoms. The first kappa shape index (κ1) is 11.4. The van der Waals surface area contributed by atoms with Crippen LogP contribution in [-0.4, -0.2) is 20.2 Å². The van der Waals surface area contributed by atoms with E-state index < -0.39 is 0 Å². The average Bonchev–Trinajstić information content (AvgIpc) is 2.27. The van der Waals surface area contributed by atoms with E-state index in [2.05, 4.69) is 24.8 Å². The molecule has 0 aromatic heterocycles. The van der Waals surface area contributed by atoms with Crippen LogP contribution in [0.1, 0.15) is 19.4 Å². The molecule has 0 heterocycles. The van der Waals surface area contributed by atoms with Gasteiger partial charge in [-0.1, -0.05) is 0 Å². The van der Waals surface area contributed by atoms with Crippen LogP contribution in [0.3, 0.4) is 0 Å². The van der Waals surface area contributed by atoms with E-state index in [0.717, 1.165) is 11.4 Å². The molecule has 0 N–H and O–H groups in total. The van der Waals surface area contributed by atoms with Gasteiger partial charge in [0.05, 0.1) is 18.4 Å². The molecular weight excluding hydrogens is 188 g/mol. The van der Waals surface area contributed by atoms with Crippen LogP contribution in [0.2, 0.25) is 0 Å². The number of methoxy groups -OCH3 is 1. The zero-order valence-corrected chi connectivity index (χ0v) is 9.61. The maximum absolute atomic E-state index is 9.00. The molecule has 0 saturated carbocycles. The Labute approximate surface area is 90.9 Å². The maximum atomic E-state index is 9.00. The lowest BCUT2D eigenvalue weighted by Crippen LogP contribution is -2.26. The fourth-order valence-corrected chi connectivity index (χ4v) is 1.30. The summed E-state index contributed by atoms with van der Waals surface area (Å²) in [6.07, 6.45) is 0. The first-order valence-corrected chi connectivity index (χ1v) is 4.91. The summed E-state index contributed by atoms with van der Waals surface area (Å²) >= 11 is 0. The van der Waals surface area contributed by atoms with E-state index in [1.165, 1.54) is 0 Å². The molecule has 0 atom stereocenters. The summed E-state index contributed by atoms with van der Waals surface area (Å²) in [5.74, 6) is 0.775. The second kappa shape index (κ2) is 4.70. The molecule has 1 rings (SSSR count). The predicted octanol–water partition coefficient (Wildman–Crippen LogP) is 2.41. The third-order valence-electron chi connectivity index (χ3n) is 2.48. The molecule has 1 aromatic rings. The lowest BCUT2D eigenvalue weighted by Gasteiger charge is -2.25. The van der Waals surface area contributed by atoms with Gasteiger partial charge in [-0.25, -0.2) is 0 Å². The summed E-state index contributed by atoms with van der Waals surface area (Å²) in [5.41, 5.74) is 1.58. The molecular formula is C12H16N2O. The summed E-state index contributed by atoms with van der Waals surface area (Å²) in [6, 6.07) is 8.01. The Bertz CT molecular complexity index is 380. The van der Waals surface area contributed by atoms with E-state index in [-0.39, 0.29) is 0 Å². The van der Waals surface area contributed by atoms with E-state index in [0.29, 0.717) is 11.6 Å². The van der Waals surface area contributed by atoms with Crippen molar-refractivity contribution in [1.29, 1.82) is 5.26 Å². The summed E-state index contributed by atoms with van der Waals surface area (Å²) in [6.45, 7) is 4.17. The molecule has 1 aromatic carbocycles. The number of hydrogen-bond donors (Lipinski definition) is 0. The van der Waals surface area contributed by atoms with Crippen molar-refractivity contribution in [2.24, 2.45) is 0 Å². The number of anilines is 1. The van der Waals surface area contributed by atoms with Gasteiger partial charge in [-0.15, -0.1) is 0 Å². The zero-order valence-electron chi connectivity index (χ0n) is 9.61. The van der Waals surface area contributed by atoms with Crippen molar-refractivity contribution in [1.82, 2.24) is 0 Å². The fraction of sp³-hybridized carbons (Fsp3) is 0.417. The van der Waals surface area contributed by atoms with Crippen LogP contribution in [0.15, 0.2) is 18.2 Å². The third-order valence-corrected chi connectivity index (χ3v) is 2.48. The Morgan fingerprint density at radius 1 is 1.40 bits per heavy atom. The van der Waals surface area contributed by atoms with E-state index in [1.54, 1.807) is 19.2 Å². The molecule has 0 saturated heterocycles. The lowest BCUT2D eigenvalue weighted by molar-refractivity contribution is 0.414. The molecule has 3 heteroatoms. The molecule has 0 aliphatic rings. The summed E-state index contributed by atoms with van der Waals surface area (Å²) in [7, 11) is 3.60. The van der Waals surface area contributed by atoms with Crippen LogP contribution >= 0.6 is 0 Å². The largest absolute Gasteiger partial charge is 0.497 e. The van der Waals surface area contributed by atoms with E-state index in [4.69, 9.17) is 10.00 Å². The Morgan fingerprint density at radius 3 is 2.53 bits per heavy atom. The van der Waals surface area contributed by atoms with Crippen molar-refractivity contribution in [3.05, 3.63) is 23.8 Å². The molecule has 15 heavy (non-hydrogen) atoms. The summed E-state index contributed by atoms with van der Waals surface area (Å²) in [4.78, 5) is 2.06. The topological polar surface area (TPSA) is 36.3 Å². The van der Waals surface area contributed by atoms with Gasteiger partial charge in [0.2, 0.25) is 0 Å². The van der Waals surface area contributed by atoms with E-state index in [1.807, 2.05) is 13.1 Å². The third kappa shape index (κ3) is 2.41. The number of benzene rings is 1. The van der Waals surface area contributed by atoms with Crippen molar-refractivity contribution >= 4 is 5.69 Å². The highest BCUT2D eigenvalue weighted by Gasteiger charge is 2.11. The van der Waals surface area contributed by atoms with Crippen molar-refractivity contribution in [3.63, 3.8) is 0 Å². The Kier molecular flexibility index (Phi) is 3.56. The minimum atomic E-state index is 0.351. The van der Waals surface area contributed by atoms with Gasteiger partial charge in [0.25, 0.3) is 0 Å². The van der Waals surface area contributed by atoms with Gasteiger partial charge < -0.3 is 9.64 Å². The first-order chi connectivity index (χ1) is 7.10. The number of nitriles is 1. The van der Waals surface area contributed by atoms with Crippen LogP contribution < -0.4 is 9.64 Å². The van der Waals surface area contributed by atoms with Gasteiger partial charge in [-0.2, -0.15) is 5.26 Å². The minimum absolute atomic E-state index is 0.351. The van der Waals surface area contributed by atoms with Crippen LogP contribution in [0.5, 0.6) is 5.75 Å². The molecule has 0 spiro atoms. The average molecular weight is 204 g/mol. The lowest BCUT2D eigenvalue weighted by atomic mass is 10.1. The van der Waals surface area contributed by atoms with E-state index in [9.17, 15) is 0 Å². The van der Waals surface area contributed by atoms with Gasteiger partial charge in [-0.3, -0.25) is 0 Å². The quantitative estimate of drug-likeness (QED) is 0.758. The molecule has 3 nitrogen and oxygen atoms in total. The standard InChI is InChI=1S/C12H16N2O/c1-9(2)14(3)12-7-11(15-4)6-5-10(12)8-13/h5-7,9H,1-4H3. The second-order valence-electron chi connectivity index (χ2n) is 3.70. The molecule has 0 fully saturated rings. The summed E-state index contributed by atoms with van der Waals surface area (Å²) in [5, 5.41) is 9.00. The van der Waals surface area contributed by atoms with Crippen LogP contribution in [-0.2, 0) is 0 Å². The molecule has 0 unspecified atom stereocenters. The molecule has 0 amide bonds. The monoisotopic (exact) mass is 204 g/mol. The van der Waals surface area contributed by atoms with Gasteiger partial charge >= 0.3 is 0 Å². The first-order valence-electron chi connectivity index (χ1n) is 4.91. The van der Waals surface area contributed by atoms with Gasteiger partial charge in [0.15, 0.2) is 0 Å². The molecule has 0 aliphatic heterocycles. The van der Waals surface area contributed by atoms with Gasteiger partial charge in [0, 0.05) is 19.2 Å². The van der Waals surface area contributed by atoms with Crippen LogP contribution in [0, 0.1) is 11.3 Å². The van der Waals surface area contributed by atoms with Crippen molar-refractivity contribution in [2.75, 3.05) is 19.1 Å². The number of rotatable bonds is 3. The number of hydrogen-bond acceptors (Lipinski definition) is 3. The van der Waals surface area contributed by atoms with Crippen LogP contribution in [0.25, 0.3) is 0 Å². The Hall–Kier alpha value is -1.69. The second-order valence-corrected chi connectivity index (χ2v) is 3.70. The normalized spacial score (nSPS) is 9.87. The number of nitrogens with zero attached hydrogens (tertiary/aromatic N) is 2. The van der Waals surface area contributed by atoms with Crippen molar-refractivity contribution in [3.8, 4) is 11.8 Å². The predicted molar refractivity (Wildman–Crippen MR) is 61.2 cm³/mol. The highest BCUT2D eigenvalue weighted by atomic mass is 16.5. The molecule has 0 radical (unpaired) electrons. The van der Waals surface area contributed by atoms with Crippen molar-refractivity contribution in [2.45, 2.75) is 19.9 Å². The smallest absolute Gasteiger partial charge is 0.121 e. The Morgan fingerprint density at radius 2 is 2.07 bits per heavy atom. The fourth-order valence-electron chi connectivity index (χ4n) is 1.30. The number of ether oxygens (including phenoxy) is 1. The highest BCUT2D eigenvalue weighted by molar-refractivity contribution is 5.62. The molecule has 80 valence electrons. The Balaban J connectivity index is 3.18.